The van der Waals surface area contributed by atoms with E-state index in [-0.39, 0.29) is 6.61 Å². The first-order valence-corrected chi connectivity index (χ1v) is 6.74. The van der Waals surface area contributed by atoms with E-state index in [0.717, 1.165) is 22.8 Å². The monoisotopic (exact) mass is 273 g/mol. The summed E-state index contributed by atoms with van der Waals surface area (Å²) in [6, 6.07) is 13.8. The van der Waals surface area contributed by atoms with Crippen LogP contribution in [-0.2, 0) is 4.79 Å². The van der Waals surface area contributed by atoms with Crippen molar-refractivity contribution >= 4 is 17.1 Å². The van der Waals surface area contributed by atoms with Crippen molar-refractivity contribution in [1.82, 2.24) is 5.32 Å². The number of hydrogen-bond acceptors (Lipinski definition) is 4. The summed E-state index contributed by atoms with van der Waals surface area (Å²) in [7, 11) is 0. The maximum Gasteiger partial charge on any atom is 0.127 e. The molecule has 0 saturated heterocycles. The van der Waals surface area contributed by atoms with Gasteiger partial charge in [0, 0.05) is 24.9 Å². The van der Waals surface area contributed by atoms with E-state index in [9.17, 15) is 9.90 Å². The van der Waals surface area contributed by atoms with E-state index in [4.69, 9.17) is 4.74 Å². The average Bonchev–Trinajstić information content (AvgIpc) is 2.49. The molecular weight excluding hydrogens is 254 g/mol. The lowest BCUT2D eigenvalue weighted by Gasteiger charge is -2.14. The van der Waals surface area contributed by atoms with Gasteiger partial charge in [0.25, 0.3) is 0 Å². The fourth-order valence-electron chi connectivity index (χ4n) is 2.00. The van der Waals surface area contributed by atoms with Gasteiger partial charge in [-0.25, -0.2) is 0 Å². The summed E-state index contributed by atoms with van der Waals surface area (Å²) in [4.78, 5) is 10.2. The maximum atomic E-state index is 10.2. The minimum Gasteiger partial charge on any atom is -0.490 e. The number of aliphatic hydroxyl groups excluding tert-OH is 1. The van der Waals surface area contributed by atoms with E-state index < -0.39 is 6.10 Å². The smallest absolute Gasteiger partial charge is 0.127 e. The van der Waals surface area contributed by atoms with Crippen molar-refractivity contribution in [3.63, 3.8) is 0 Å². The Morgan fingerprint density at radius 1 is 1.20 bits per heavy atom. The average molecular weight is 273 g/mol. The van der Waals surface area contributed by atoms with Gasteiger partial charge < -0.3 is 20.0 Å². The van der Waals surface area contributed by atoms with Crippen molar-refractivity contribution in [2.75, 3.05) is 19.7 Å². The van der Waals surface area contributed by atoms with E-state index >= 15 is 0 Å². The molecular formula is C16H19NO3. The molecule has 20 heavy (non-hydrogen) atoms. The Balaban J connectivity index is 1.87. The van der Waals surface area contributed by atoms with Gasteiger partial charge in [0.1, 0.15) is 24.7 Å². The summed E-state index contributed by atoms with van der Waals surface area (Å²) in [5, 5.41) is 15.0. The summed E-state index contributed by atoms with van der Waals surface area (Å²) in [5.74, 6) is 0.773. The largest absolute Gasteiger partial charge is 0.490 e. The summed E-state index contributed by atoms with van der Waals surface area (Å²) in [5.41, 5.74) is 0. The predicted octanol–water partition coefficient (Wildman–Crippen LogP) is 1.76. The minimum atomic E-state index is -0.597. The van der Waals surface area contributed by atoms with Crippen molar-refractivity contribution in [2.45, 2.75) is 12.5 Å². The van der Waals surface area contributed by atoms with E-state index in [0.29, 0.717) is 19.5 Å². The molecule has 2 aromatic rings. The molecule has 0 aliphatic rings. The third-order valence-corrected chi connectivity index (χ3v) is 3.00. The topological polar surface area (TPSA) is 58.6 Å². The van der Waals surface area contributed by atoms with Crippen molar-refractivity contribution in [3.05, 3.63) is 42.5 Å². The van der Waals surface area contributed by atoms with Crippen LogP contribution in [0.25, 0.3) is 10.8 Å². The second-order valence-corrected chi connectivity index (χ2v) is 4.60. The van der Waals surface area contributed by atoms with E-state index in [1.54, 1.807) is 0 Å². The van der Waals surface area contributed by atoms with Gasteiger partial charge in [0.2, 0.25) is 0 Å². The van der Waals surface area contributed by atoms with Crippen LogP contribution in [0.15, 0.2) is 42.5 Å². The van der Waals surface area contributed by atoms with Crippen LogP contribution in [-0.4, -0.2) is 37.2 Å². The normalized spacial score (nSPS) is 12.2. The van der Waals surface area contributed by atoms with E-state index in [1.807, 2.05) is 42.5 Å². The molecule has 2 N–H and O–H groups in total. The third-order valence-electron chi connectivity index (χ3n) is 3.00. The number of carbonyl (C=O) groups is 1. The van der Waals surface area contributed by atoms with Gasteiger partial charge in [-0.2, -0.15) is 0 Å². The lowest BCUT2D eigenvalue weighted by atomic mass is 10.1. The van der Waals surface area contributed by atoms with Gasteiger partial charge in [-0.15, -0.1) is 0 Å². The molecule has 2 aromatic carbocycles. The van der Waals surface area contributed by atoms with Crippen LogP contribution in [0.4, 0.5) is 0 Å². The first-order valence-electron chi connectivity index (χ1n) is 6.74. The third kappa shape index (κ3) is 4.05. The van der Waals surface area contributed by atoms with Crippen molar-refractivity contribution in [1.29, 1.82) is 0 Å². The molecule has 0 aromatic heterocycles. The number of rotatable bonds is 8. The van der Waals surface area contributed by atoms with E-state index in [2.05, 4.69) is 5.32 Å². The quantitative estimate of drug-likeness (QED) is 0.568. The second-order valence-electron chi connectivity index (χ2n) is 4.60. The van der Waals surface area contributed by atoms with Crippen LogP contribution >= 0.6 is 0 Å². The molecule has 4 heteroatoms. The van der Waals surface area contributed by atoms with Gasteiger partial charge in [-0.1, -0.05) is 36.4 Å². The number of nitrogens with one attached hydrogen (secondary N) is 1. The molecule has 0 radical (unpaired) electrons. The van der Waals surface area contributed by atoms with Crippen LogP contribution in [0.5, 0.6) is 5.75 Å². The Morgan fingerprint density at radius 2 is 2.00 bits per heavy atom. The highest BCUT2D eigenvalue weighted by Crippen LogP contribution is 2.25. The Morgan fingerprint density at radius 3 is 2.85 bits per heavy atom. The van der Waals surface area contributed by atoms with Gasteiger partial charge in [-0.3, -0.25) is 0 Å². The van der Waals surface area contributed by atoms with E-state index in [1.165, 1.54) is 0 Å². The zero-order chi connectivity index (χ0) is 14.2. The number of aliphatic hydroxyl groups is 1. The standard InChI is InChI=1S/C16H19NO3/c18-10-4-9-17-11-14(19)12-20-16-8-3-6-13-5-1-2-7-15(13)16/h1-3,5-8,10,14,17,19H,4,9,11-12H2. The number of hydrogen-bond donors (Lipinski definition) is 2. The molecule has 106 valence electrons. The molecule has 0 aliphatic heterocycles. The zero-order valence-electron chi connectivity index (χ0n) is 11.3. The number of aldehydes is 1. The predicted molar refractivity (Wildman–Crippen MR) is 79.0 cm³/mol. The van der Waals surface area contributed by atoms with Crippen molar-refractivity contribution < 1.29 is 14.6 Å². The van der Waals surface area contributed by atoms with Crippen LogP contribution in [0.1, 0.15) is 6.42 Å². The summed E-state index contributed by atoms with van der Waals surface area (Å²) in [6.45, 7) is 1.22. The number of benzene rings is 2. The molecule has 1 unspecified atom stereocenters. The lowest BCUT2D eigenvalue weighted by Crippen LogP contribution is -2.32. The molecule has 0 fully saturated rings. The first kappa shape index (κ1) is 14.5. The molecule has 2 rings (SSSR count). The molecule has 4 nitrogen and oxygen atoms in total. The van der Waals surface area contributed by atoms with Crippen molar-refractivity contribution in [3.8, 4) is 5.75 Å². The van der Waals surface area contributed by atoms with Crippen LogP contribution in [0.3, 0.4) is 0 Å². The fraction of sp³-hybridized carbons (Fsp3) is 0.312. The second kappa shape index (κ2) is 7.62. The lowest BCUT2D eigenvalue weighted by molar-refractivity contribution is -0.107. The van der Waals surface area contributed by atoms with Crippen LogP contribution in [0, 0.1) is 0 Å². The first-order chi connectivity index (χ1) is 9.81. The highest BCUT2D eigenvalue weighted by molar-refractivity contribution is 5.88. The fourth-order valence-corrected chi connectivity index (χ4v) is 2.00. The Hall–Kier alpha value is -1.91. The summed E-state index contributed by atoms with van der Waals surface area (Å²) >= 11 is 0. The highest BCUT2D eigenvalue weighted by Gasteiger charge is 2.06. The SMILES string of the molecule is O=CCCNCC(O)COc1cccc2ccccc12. The minimum absolute atomic E-state index is 0.224. The zero-order valence-corrected chi connectivity index (χ0v) is 11.3. The summed E-state index contributed by atoms with van der Waals surface area (Å²) < 4.78 is 5.68. The van der Waals surface area contributed by atoms with Gasteiger partial charge in [-0.05, 0) is 11.5 Å². The van der Waals surface area contributed by atoms with Crippen LogP contribution in [0.2, 0.25) is 0 Å². The Bertz CT molecular complexity index is 551. The molecule has 0 heterocycles. The highest BCUT2D eigenvalue weighted by atomic mass is 16.5. The molecule has 0 amide bonds. The number of ether oxygens (including phenoxy) is 1. The van der Waals surface area contributed by atoms with Crippen molar-refractivity contribution in [2.24, 2.45) is 0 Å². The van der Waals surface area contributed by atoms with Gasteiger partial charge in [0.05, 0.1) is 0 Å². The maximum absolute atomic E-state index is 10.2. The Kier molecular flexibility index (Phi) is 5.53. The molecule has 0 saturated carbocycles. The van der Waals surface area contributed by atoms with Crippen LogP contribution < -0.4 is 10.1 Å². The Labute approximate surface area is 118 Å². The van der Waals surface area contributed by atoms with Gasteiger partial charge in [0.15, 0.2) is 0 Å². The molecule has 0 spiro atoms. The number of carbonyl (C=O) groups excluding carboxylic acids is 1. The number of fused-ring (bicyclic) bond motifs is 1. The van der Waals surface area contributed by atoms with Gasteiger partial charge >= 0.3 is 0 Å². The molecule has 0 aliphatic carbocycles. The molecule has 1 atom stereocenters. The molecule has 0 bridgehead atoms. The summed E-state index contributed by atoms with van der Waals surface area (Å²) in [6.07, 6.45) is 0.712.